The Morgan fingerprint density at radius 3 is 2.67 bits per heavy atom. The van der Waals surface area contributed by atoms with Gasteiger partial charge in [0, 0.05) is 16.6 Å². The van der Waals surface area contributed by atoms with Gasteiger partial charge in [-0.05, 0) is 37.8 Å². The summed E-state index contributed by atoms with van der Waals surface area (Å²) < 4.78 is 18.1. The molecule has 0 saturated heterocycles. The van der Waals surface area contributed by atoms with Crippen molar-refractivity contribution in [3.8, 4) is 0 Å². The highest BCUT2D eigenvalue weighted by Crippen LogP contribution is 2.26. The van der Waals surface area contributed by atoms with Crippen molar-refractivity contribution in [3.63, 3.8) is 0 Å². The van der Waals surface area contributed by atoms with E-state index in [0.717, 1.165) is 44.3 Å². The average Bonchev–Trinajstić information content (AvgIpc) is 2.54. The molecule has 0 spiro atoms. The standard InChI is InChI=1S/C17H24O3S/c1-2-3-13-21(19)16-12-8-7-11-15(16)20-17(18)14-9-5-4-6-10-14/h4-6,9-10,15-16H,2-3,7-8,11-13H2,1H3. The fourth-order valence-corrected chi connectivity index (χ4v) is 4.55. The lowest BCUT2D eigenvalue weighted by molar-refractivity contribution is 0.0226. The van der Waals surface area contributed by atoms with E-state index in [1.54, 1.807) is 12.1 Å². The summed E-state index contributed by atoms with van der Waals surface area (Å²) in [7, 11) is -0.886. The number of carbonyl (C=O) groups is 1. The summed E-state index contributed by atoms with van der Waals surface area (Å²) in [5.41, 5.74) is 0.571. The maximum atomic E-state index is 12.4. The minimum atomic E-state index is -0.886. The number of hydrogen-bond donors (Lipinski definition) is 0. The van der Waals surface area contributed by atoms with Gasteiger partial charge in [-0.25, -0.2) is 4.79 Å². The molecule has 3 nitrogen and oxygen atoms in total. The second kappa shape index (κ2) is 8.32. The smallest absolute Gasteiger partial charge is 0.338 e. The molecule has 1 aliphatic carbocycles. The number of esters is 1. The highest BCUT2D eigenvalue weighted by Gasteiger charge is 2.32. The molecular weight excluding hydrogens is 284 g/mol. The number of carbonyl (C=O) groups excluding carboxylic acids is 1. The van der Waals surface area contributed by atoms with Crippen molar-refractivity contribution in [2.45, 2.75) is 56.8 Å². The first kappa shape index (κ1) is 16.2. The van der Waals surface area contributed by atoms with Gasteiger partial charge in [0.25, 0.3) is 0 Å². The Balaban J connectivity index is 1.98. The van der Waals surface area contributed by atoms with Crippen LogP contribution in [-0.4, -0.2) is 27.3 Å². The highest BCUT2D eigenvalue weighted by molar-refractivity contribution is 7.85. The molecule has 0 radical (unpaired) electrons. The molecule has 3 atom stereocenters. The van der Waals surface area contributed by atoms with Crippen LogP contribution in [0, 0.1) is 0 Å². The van der Waals surface area contributed by atoms with Crippen LogP contribution in [-0.2, 0) is 15.5 Å². The molecule has 0 aromatic heterocycles. The van der Waals surface area contributed by atoms with E-state index in [9.17, 15) is 9.00 Å². The highest BCUT2D eigenvalue weighted by atomic mass is 32.2. The van der Waals surface area contributed by atoms with Gasteiger partial charge in [0.05, 0.1) is 10.8 Å². The lowest BCUT2D eigenvalue weighted by Crippen LogP contribution is -2.38. The van der Waals surface area contributed by atoms with Gasteiger partial charge < -0.3 is 4.74 Å². The van der Waals surface area contributed by atoms with Gasteiger partial charge >= 0.3 is 5.97 Å². The maximum absolute atomic E-state index is 12.4. The molecule has 1 saturated carbocycles. The van der Waals surface area contributed by atoms with Crippen molar-refractivity contribution in [3.05, 3.63) is 35.9 Å². The van der Waals surface area contributed by atoms with E-state index >= 15 is 0 Å². The SMILES string of the molecule is CCCCS(=O)C1CCCCC1OC(=O)c1ccccc1. The van der Waals surface area contributed by atoms with Crippen molar-refractivity contribution < 1.29 is 13.7 Å². The predicted octanol–water partition coefficient (Wildman–Crippen LogP) is 3.70. The van der Waals surface area contributed by atoms with Gasteiger partial charge in [0.15, 0.2) is 0 Å². The zero-order chi connectivity index (χ0) is 15.1. The van der Waals surface area contributed by atoms with Crippen LogP contribution in [0.15, 0.2) is 30.3 Å². The summed E-state index contributed by atoms with van der Waals surface area (Å²) in [5.74, 6) is 0.431. The van der Waals surface area contributed by atoms with E-state index in [1.165, 1.54) is 0 Å². The number of rotatable bonds is 6. The first-order chi connectivity index (χ1) is 10.2. The summed E-state index contributed by atoms with van der Waals surface area (Å²) in [6.45, 7) is 2.10. The molecule has 1 aromatic rings. The van der Waals surface area contributed by atoms with Crippen molar-refractivity contribution in [2.75, 3.05) is 5.75 Å². The molecule has 0 bridgehead atoms. The van der Waals surface area contributed by atoms with Crippen LogP contribution in [0.5, 0.6) is 0 Å². The van der Waals surface area contributed by atoms with Crippen LogP contribution in [0.25, 0.3) is 0 Å². The predicted molar refractivity (Wildman–Crippen MR) is 85.8 cm³/mol. The Kier molecular flexibility index (Phi) is 6.43. The number of unbranched alkanes of at least 4 members (excludes halogenated alkanes) is 1. The first-order valence-corrected chi connectivity index (χ1v) is 9.23. The molecule has 1 aromatic carbocycles. The van der Waals surface area contributed by atoms with Crippen molar-refractivity contribution in [1.29, 1.82) is 0 Å². The Labute approximate surface area is 129 Å². The molecule has 21 heavy (non-hydrogen) atoms. The first-order valence-electron chi connectivity index (χ1n) is 7.85. The Morgan fingerprint density at radius 1 is 1.24 bits per heavy atom. The minimum absolute atomic E-state index is 0.0120. The van der Waals surface area contributed by atoms with E-state index in [0.29, 0.717) is 5.56 Å². The lowest BCUT2D eigenvalue weighted by Gasteiger charge is -2.30. The Hall–Kier alpha value is -1.16. The monoisotopic (exact) mass is 308 g/mol. The summed E-state index contributed by atoms with van der Waals surface area (Å²) in [4.78, 5) is 12.2. The molecule has 4 heteroatoms. The molecule has 3 unspecified atom stereocenters. The second-order valence-electron chi connectivity index (χ2n) is 5.57. The third-order valence-corrected chi connectivity index (χ3v) is 5.85. The van der Waals surface area contributed by atoms with Crippen LogP contribution in [0.4, 0.5) is 0 Å². The quantitative estimate of drug-likeness (QED) is 0.753. The van der Waals surface area contributed by atoms with Crippen LogP contribution in [0.1, 0.15) is 55.8 Å². The van der Waals surface area contributed by atoms with E-state index in [-0.39, 0.29) is 17.3 Å². The van der Waals surface area contributed by atoms with E-state index in [4.69, 9.17) is 4.74 Å². The largest absolute Gasteiger partial charge is 0.458 e. The van der Waals surface area contributed by atoms with Gasteiger partial charge in [0.2, 0.25) is 0 Å². The minimum Gasteiger partial charge on any atom is -0.458 e. The molecule has 1 aliphatic rings. The van der Waals surface area contributed by atoms with Crippen LogP contribution in [0.3, 0.4) is 0 Å². The van der Waals surface area contributed by atoms with Gasteiger partial charge in [-0.3, -0.25) is 4.21 Å². The van der Waals surface area contributed by atoms with E-state index in [1.807, 2.05) is 18.2 Å². The molecule has 0 N–H and O–H groups in total. The fraction of sp³-hybridized carbons (Fsp3) is 0.588. The normalized spacial score (nSPS) is 23.5. The summed E-state index contributed by atoms with van der Waals surface area (Å²) >= 11 is 0. The van der Waals surface area contributed by atoms with E-state index in [2.05, 4.69) is 6.92 Å². The van der Waals surface area contributed by atoms with Crippen molar-refractivity contribution >= 4 is 16.8 Å². The van der Waals surface area contributed by atoms with Gasteiger partial charge in [-0.2, -0.15) is 0 Å². The van der Waals surface area contributed by atoms with Gasteiger partial charge in [0.1, 0.15) is 6.10 Å². The second-order valence-corrected chi connectivity index (χ2v) is 7.35. The summed E-state index contributed by atoms with van der Waals surface area (Å²) in [5, 5.41) is 0.0120. The van der Waals surface area contributed by atoms with Gasteiger partial charge in [-0.15, -0.1) is 0 Å². The Bertz CT molecular complexity index is 472. The zero-order valence-corrected chi connectivity index (χ0v) is 13.4. The molecular formula is C17H24O3S. The third kappa shape index (κ3) is 4.67. The zero-order valence-electron chi connectivity index (χ0n) is 12.6. The van der Waals surface area contributed by atoms with Crippen LogP contribution < -0.4 is 0 Å². The lowest BCUT2D eigenvalue weighted by atomic mass is 9.97. The summed E-state index contributed by atoms with van der Waals surface area (Å²) in [6.07, 6.45) is 5.71. The molecule has 116 valence electrons. The fourth-order valence-electron chi connectivity index (χ4n) is 2.72. The number of benzene rings is 1. The van der Waals surface area contributed by atoms with Gasteiger partial charge in [-0.1, -0.05) is 38.0 Å². The molecule has 2 rings (SSSR count). The topological polar surface area (TPSA) is 43.4 Å². The molecule has 0 aliphatic heterocycles. The van der Waals surface area contributed by atoms with Crippen molar-refractivity contribution in [1.82, 2.24) is 0 Å². The number of hydrogen-bond acceptors (Lipinski definition) is 3. The van der Waals surface area contributed by atoms with Crippen LogP contribution >= 0.6 is 0 Å². The molecule has 1 fully saturated rings. The maximum Gasteiger partial charge on any atom is 0.338 e. The van der Waals surface area contributed by atoms with Crippen LogP contribution in [0.2, 0.25) is 0 Å². The number of ether oxygens (including phenoxy) is 1. The molecule has 0 amide bonds. The molecule has 0 heterocycles. The van der Waals surface area contributed by atoms with Crippen molar-refractivity contribution in [2.24, 2.45) is 0 Å². The average molecular weight is 308 g/mol. The Morgan fingerprint density at radius 2 is 1.95 bits per heavy atom. The summed E-state index contributed by atoms with van der Waals surface area (Å²) in [6, 6.07) is 9.05. The third-order valence-electron chi connectivity index (χ3n) is 3.95. The van der Waals surface area contributed by atoms with E-state index < -0.39 is 10.8 Å².